The van der Waals surface area contributed by atoms with Crippen molar-refractivity contribution in [2.75, 3.05) is 0 Å². The molecule has 0 aliphatic carbocycles. The van der Waals surface area contributed by atoms with E-state index in [2.05, 4.69) is 0 Å². The van der Waals surface area contributed by atoms with E-state index in [-0.39, 0.29) is 5.56 Å². The van der Waals surface area contributed by atoms with Gasteiger partial charge in [0.2, 0.25) is 0 Å². The van der Waals surface area contributed by atoms with Gasteiger partial charge in [-0.25, -0.2) is 8.78 Å². The molecule has 0 aromatic heterocycles. The number of hydrogen-bond acceptors (Lipinski definition) is 1. The molecule has 0 saturated carbocycles. The third-order valence-electron chi connectivity index (χ3n) is 3.64. The molecule has 0 fully saturated rings. The van der Waals surface area contributed by atoms with Crippen LogP contribution in [0.3, 0.4) is 0 Å². The van der Waals surface area contributed by atoms with Gasteiger partial charge in [0.25, 0.3) is 0 Å². The average molecular weight is 283 g/mol. The quantitative estimate of drug-likeness (QED) is 0.759. The normalized spacial score (nSPS) is 12.5. The van der Waals surface area contributed by atoms with Gasteiger partial charge in [0, 0.05) is 11.6 Å². The number of halogens is 2. The summed E-state index contributed by atoms with van der Waals surface area (Å²) in [5.41, 5.74) is 6.90. The molecule has 0 amide bonds. The maximum atomic E-state index is 13.7. The number of nitrogens with two attached hydrogens (primary N) is 1. The molecule has 0 aliphatic heterocycles. The van der Waals surface area contributed by atoms with Crippen molar-refractivity contribution in [3.05, 3.63) is 83.4 Å². The van der Waals surface area contributed by atoms with E-state index in [1.807, 2.05) is 42.5 Å². The van der Waals surface area contributed by atoms with Crippen LogP contribution in [0.4, 0.5) is 8.78 Å². The zero-order chi connectivity index (χ0) is 14.8. The van der Waals surface area contributed by atoms with Crippen molar-refractivity contribution in [1.29, 1.82) is 0 Å². The summed E-state index contributed by atoms with van der Waals surface area (Å²) < 4.78 is 27.5. The minimum Gasteiger partial charge on any atom is -0.323 e. The second-order valence-electron chi connectivity index (χ2n) is 5.13. The summed E-state index contributed by atoms with van der Waals surface area (Å²) in [5.74, 6) is -1.19. The molecule has 21 heavy (non-hydrogen) atoms. The largest absolute Gasteiger partial charge is 0.323 e. The Bertz CT molecular complexity index is 763. The van der Waals surface area contributed by atoms with Gasteiger partial charge in [0.05, 0.1) is 0 Å². The summed E-state index contributed by atoms with van der Waals surface area (Å²) in [4.78, 5) is 0. The van der Waals surface area contributed by atoms with Crippen LogP contribution in [-0.2, 0) is 6.42 Å². The maximum Gasteiger partial charge on any atom is 0.130 e. The molecule has 0 bridgehead atoms. The fourth-order valence-corrected chi connectivity index (χ4v) is 2.59. The highest BCUT2D eigenvalue weighted by Crippen LogP contribution is 2.24. The molecule has 1 atom stereocenters. The predicted octanol–water partition coefficient (Wildman–Crippen LogP) is 4.36. The van der Waals surface area contributed by atoms with E-state index in [1.165, 1.54) is 18.2 Å². The summed E-state index contributed by atoms with van der Waals surface area (Å²) in [6.45, 7) is 0. The van der Waals surface area contributed by atoms with E-state index in [0.29, 0.717) is 6.42 Å². The van der Waals surface area contributed by atoms with Crippen molar-refractivity contribution in [2.45, 2.75) is 12.5 Å². The standard InChI is InChI=1S/C18H15F2N/c19-15-6-3-7-16(20)18(15)17(21)11-12-8-9-13-4-1-2-5-14(13)10-12/h1-10,17H,11,21H2. The Morgan fingerprint density at radius 2 is 1.48 bits per heavy atom. The summed E-state index contributed by atoms with van der Waals surface area (Å²) in [7, 11) is 0. The van der Waals surface area contributed by atoms with Gasteiger partial charge in [-0.15, -0.1) is 0 Å². The SMILES string of the molecule is NC(Cc1ccc2ccccc2c1)c1c(F)cccc1F. The van der Waals surface area contributed by atoms with E-state index < -0.39 is 17.7 Å². The second kappa shape index (κ2) is 5.62. The first-order chi connectivity index (χ1) is 10.1. The van der Waals surface area contributed by atoms with Crippen molar-refractivity contribution in [2.24, 2.45) is 5.73 Å². The van der Waals surface area contributed by atoms with Crippen molar-refractivity contribution >= 4 is 10.8 Å². The highest BCUT2D eigenvalue weighted by Gasteiger charge is 2.16. The van der Waals surface area contributed by atoms with Crippen LogP contribution in [-0.4, -0.2) is 0 Å². The molecule has 3 heteroatoms. The van der Waals surface area contributed by atoms with Crippen LogP contribution in [0.15, 0.2) is 60.7 Å². The van der Waals surface area contributed by atoms with E-state index in [4.69, 9.17) is 5.73 Å². The minimum atomic E-state index is -0.702. The number of fused-ring (bicyclic) bond motifs is 1. The van der Waals surface area contributed by atoms with Crippen LogP contribution in [0.1, 0.15) is 17.2 Å². The monoisotopic (exact) mass is 283 g/mol. The molecule has 0 aliphatic rings. The van der Waals surface area contributed by atoms with Crippen LogP contribution >= 0.6 is 0 Å². The smallest absolute Gasteiger partial charge is 0.130 e. The lowest BCUT2D eigenvalue weighted by atomic mass is 9.97. The number of benzene rings is 3. The fourth-order valence-electron chi connectivity index (χ4n) is 2.59. The zero-order valence-corrected chi connectivity index (χ0v) is 11.4. The van der Waals surface area contributed by atoms with Crippen molar-refractivity contribution in [1.82, 2.24) is 0 Å². The van der Waals surface area contributed by atoms with E-state index in [0.717, 1.165) is 16.3 Å². The second-order valence-corrected chi connectivity index (χ2v) is 5.13. The average Bonchev–Trinajstić information content (AvgIpc) is 2.47. The van der Waals surface area contributed by atoms with Gasteiger partial charge in [-0.05, 0) is 34.9 Å². The molecule has 0 spiro atoms. The van der Waals surface area contributed by atoms with Gasteiger partial charge in [-0.1, -0.05) is 48.5 Å². The molecule has 0 saturated heterocycles. The molecule has 0 heterocycles. The van der Waals surface area contributed by atoms with Crippen molar-refractivity contribution in [3.63, 3.8) is 0 Å². The van der Waals surface area contributed by atoms with Crippen LogP contribution in [0.25, 0.3) is 10.8 Å². The lowest BCUT2D eigenvalue weighted by molar-refractivity contribution is 0.524. The highest BCUT2D eigenvalue weighted by molar-refractivity contribution is 5.83. The Morgan fingerprint density at radius 1 is 0.810 bits per heavy atom. The van der Waals surface area contributed by atoms with Gasteiger partial charge in [-0.2, -0.15) is 0 Å². The van der Waals surface area contributed by atoms with Crippen molar-refractivity contribution in [3.8, 4) is 0 Å². The molecule has 1 unspecified atom stereocenters. The molecule has 106 valence electrons. The Balaban J connectivity index is 1.91. The molecule has 2 N–H and O–H groups in total. The first-order valence-electron chi connectivity index (χ1n) is 6.82. The Kier molecular flexibility index (Phi) is 3.67. The first kappa shape index (κ1) is 13.7. The van der Waals surface area contributed by atoms with Crippen LogP contribution in [0.5, 0.6) is 0 Å². The molecule has 0 radical (unpaired) electrons. The van der Waals surface area contributed by atoms with Crippen LogP contribution in [0, 0.1) is 11.6 Å². The summed E-state index contributed by atoms with van der Waals surface area (Å²) in [6, 6.07) is 17.0. The van der Waals surface area contributed by atoms with Gasteiger partial charge in [0.1, 0.15) is 11.6 Å². The molecule has 3 rings (SSSR count). The van der Waals surface area contributed by atoms with Crippen LogP contribution < -0.4 is 5.73 Å². The van der Waals surface area contributed by atoms with E-state index in [1.54, 1.807) is 0 Å². The van der Waals surface area contributed by atoms with Gasteiger partial charge < -0.3 is 5.73 Å². The summed E-state index contributed by atoms with van der Waals surface area (Å²) >= 11 is 0. The van der Waals surface area contributed by atoms with Crippen LogP contribution in [0.2, 0.25) is 0 Å². The van der Waals surface area contributed by atoms with E-state index >= 15 is 0 Å². The summed E-state index contributed by atoms with van der Waals surface area (Å²) in [5, 5.41) is 2.23. The molecule has 3 aromatic carbocycles. The topological polar surface area (TPSA) is 26.0 Å². The number of hydrogen-bond donors (Lipinski definition) is 1. The molecule has 3 aromatic rings. The highest BCUT2D eigenvalue weighted by atomic mass is 19.1. The lowest BCUT2D eigenvalue weighted by Gasteiger charge is -2.14. The van der Waals surface area contributed by atoms with Gasteiger partial charge in [-0.3, -0.25) is 0 Å². The predicted molar refractivity (Wildman–Crippen MR) is 80.9 cm³/mol. The minimum absolute atomic E-state index is 0.0503. The third kappa shape index (κ3) is 2.78. The Labute approximate surface area is 122 Å². The fraction of sp³-hybridized carbons (Fsp3) is 0.111. The molecular formula is C18H15F2N. The maximum absolute atomic E-state index is 13.7. The molecule has 1 nitrogen and oxygen atoms in total. The van der Waals surface area contributed by atoms with Gasteiger partial charge in [0.15, 0.2) is 0 Å². The Hall–Kier alpha value is -2.26. The lowest BCUT2D eigenvalue weighted by Crippen LogP contribution is -2.16. The summed E-state index contributed by atoms with van der Waals surface area (Å²) in [6.07, 6.45) is 0.392. The van der Waals surface area contributed by atoms with E-state index in [9.17, 15) is 8.78 Å². The molecular weight excluding hydrogens is 268 g/mol. The number of rotatable bonds is 3. The van der Waals surface area contributed by atoms with Crippen molar-refractivity contribution < 1.29 is 8.78 Å². The first-order valence-corrected chi connectivity index (χ1v) is 6.82. The zero-order valence-electron chi connectivity index (χ0n) is 11.4. The third-order valence-corrected chi connectivity index (χ3v) is 3.64. The Morgan fingerprint density at radius 3 is 2.19 bits per heavy atom. The van der Waals surface area contributed by atoms with Gasteiger partial charge >= 0.3 is 0 Å².